The fraction of sp³-hybridized carbons (Fsp3) is 0.400. The molecule has 0 aliphatic carbocycles. The second-order valence-electron chi connectivity index (χ2n) is 5.74. The molecule has 0 spiro atoms. The zero-order chi connectivity index (χ0) is 18.1. The molecule has 1 saturated heterocycles. The fourth-order valence-electron chi connectivity index (χ4n) is 2.65. The van der Waals surface area contributed by atoms with E-state index >= 15 is 0 Å². The molecule has 10 nitrogen and oxygen atoms in total. The summed E-state index contributed by atoms with van der Waals surface area (Å²) in [7, 11) is 4.68. The monoisotopic (exact) mass is 345 g/mol. The Bertz CT molecular complexity index is 847. The molecule has 1 fully saturated rings. The van der Waals surface area contributed by atoms with E-state index in [2.05, 4.69) is 20.8 Å². The highest BCUT2D eigenvalue weighted by molar-refractivity contribution is 6.12. The number of nitrogens with zero attached hydrogens (tertiary/aromatic N) is 5. The first kappa shape index (κ1) is 16.7. The van der Waals surface area contributed by atoms with Gasteiger partial charge in [0.25, 0.3) is 17.7 Å². The van der Waals surface area contributed by atoms with Crippen molar-refractivity contribution in [2.24, 2.45) is 14.1 Å². The van der Waals surface area contributed by atoms with Crippen molar-refractivity contribution in [3.8, 4) is 0 Å². The molecule has 0 bridgehead atoms. The summed E-state index contributed by atoms with van der Waals surface area (Å²) in [5.41, 5.74) is 0.859. The van der Waals surface area contributed by atoms with Gasteiger partial charge in [-0.15, -0.1) is 0 Å². The van der Waals surface area contributed by atoms with Gasteiger partial charge >= 0.3 is 0 Å². The van der Waals surface area contributed by atoms with Gasteiger partial charge in [-0.3, -0.25) is 23.7 Å². The Balaban J connectivity index is 1.89. The Morgan fingerprint density at radius 2 is 1.64 bits per heavy atom. The van der Waals surface area contributed by atoms with Gasteiger partial charge < -0.3 is 15.5 Å². The minimum atomic E-state index is -0.526. The predicted molar refractivity (Wildman–Crippen MR) is 88.3 cm³/mol. The Morgan fingerprint density at radius 3 is 2.24 bits per heavy atom. The minimum Gasteiger partial charge on any atom is -0.354 e. The molecule has 3 heterocycles. The van der Waals surface area contributed by atoms with E-state index in [4.69, 9.17) is 0 Å². The van der Waals surface area contributed by atoms with Gasteiger partial charge in [-0.25, -0.2) is 0 Å². The van der Waals surface area contributed by atoms with E-state index in [1.807, 2.05) is 0 Å². The summed E-state index contributed by atoms with van der Waals surface area (Å²) in [4.78, 5) is 38.8. The van der Waals surface area contributed by atoms with Crippen molar-refractivity contribution in [2.45, 2.75) is 6.42 Å². The van der Waals surface area contributed by atoms with Gasteiger partial charge in [0.1, 0.15) is 11.4 Å². The van der Waals surface area contributed by atoms with Crippen LogP contribution in [0.4, 0.5) is 5.69 Å². The molecule has 3 rings (SSSR count). The number of carbonyl (C=O) groups is 3. The third-order valence-corrected chi connectivity index (χ3v) is 4.16. The van der Waals surface area contributed by atoms with E-state index in [0.29, 0.717) is 13.1 Å². The van der Waals surface area contributed by atoms with E-state index in [-0.39, 0.29) is 34.5 Å². The van der Waals surface area contributed by atoms with Crippen LogP contribution in [0.5, 0.6) is 0 Å². The summed E-state index contributed by atoms with van der Waals surface area (Å²) in [5.74, 6) is -1.12. The van der Waals surface area contributed by atoms with Crippen molar-refractivity contribution < 1.29 is 14.4 Å². The molecule has 0 aromatic carbocycles. The van der Waals surface area contributed by atoms with Crippen LogP contribution in [0.25, 0.3) is 0 Å². The van der Waals surface area contributed by atoms with Gasteiger partial charge in [0.05, 0.1) is 23.6 Å². The van der Waals surface area contributed by atoms with Gasteiger partial charge in [0.2, 0.25) is 0 Å². The molecule has 1 aliphatic rings. The normalized spacial score (nSPS) is 13.3. The van der Waals surface area contributed by atoms with Crippen molar-refractivity contribution in [1.29, 1.82) is 0 Å². The third kappa shape index (κ3) is 2.86. The molecule has 1 aliphatic heterocycles. The summed E-state index contributed by atoms with van der Waals surface area (Å²) >= 11 is 0. The van der Waals surface area contributed by atoms with Crippen molar-refractivity contribution >= 4 is 23.4 Å². The molecular weight excluding hydrogens is 326 g/mol. The first-order chi connectivity index (χ1) is 11.9. The first-order valence-corrected chi connectivity index (χ1v) is 7.80. The van der Waals surface area contributed by atoms with Crippen molar-refractivity contribution in [2.75, 3.05) is 25.5 Å². The molecule has 3 amide bonds. The quantitative estimate of drug-likeness (QED) is 0.783. The number of nitrogens with one attached hydrogen (secondary N) is 2. The number of hydrogen-bond acceptors (Lipinski definition) is 5. The van der Waals surface area contributed by atoms with Crippen LogP contribution in [0, 0.1) is 0 Å². The zero-order valence-electron chi connectivity index (χ0n) is 14.2. The van der Waals surface area contributed by atoms with Gasteiger partial charge in [-0.1, -0.05) is 0 Å². The Morgan fingerprint density at radius 1 is 1.00 bits per heavy atom. The SMILES string of the molecule is CNC(=O)c1c(NC(=O)c2c(C(=O)N3CCC3)cnn2C)cnn1C. The summed E-state index contributed by atoms with van der Waals surface area (Å²) in [5, 5.41) is 13.2. The maximum atomic E-state index is 12.7. The number of hydrogen-bond donors (Lipinski definition) is 2. The Kier molecular flexibility index (Phi) is 4.26. The van der Waals surface area contributed by atoms with E-state index in [0.717, 1.165) is 6.42 Å². The summed E-state index contributed by atoms with van der Waals surface area (Å²) in [6, 6.07) is 0. The molecule has 2 N–H and O–H groups in total. The summed E-state index contributed by atoms with van der Waals surface area (Å²) in [6.45, 7) is 1.36. The topological polar surface area (TPSA) is 114 Å². The number of rotatable bonds is 4. The maximum absolute atomic E-state index is 12.7. The second kappa shape index (κ2) is 6.38. The van der Waals surface area contributed by atoms with Crippen molar-refractivity contribution in [3.63, 3.8) is 0 Å². The summed E-state index contributed by atoms with van der Waals surface area (Å²) < 4.78 is 2.71. The number of amides is 3. The molecule has 0 atom stereocenters. The van der Waals surface area contributed by atoms with Crippen LogP contribution in [-0.2, 0) is 14.1 Å². The lowest BCUT2D eigenvalue weighted by Gasteiger charge is -2.30. The maximum Gasteiger partial charge on any atom is 0.274 e. The average Bonchev–Trinajstić information content (AvgIpc) is 3.08. The highest BCUT2D eigenvalue weighted by atomic mass is 16.2. The fourth-order valence-corrected chi connectivity index (χ4v) is 2.65. The van der Waals surface area contributed by atoms with Crippen molar-refractivity contribution in [3.05, 3.63) is 29.3 Å². The third-order valence-electron chi connectivity index (χ3n) is 4.16. The van der Waals surface area contributed by atoms with Crippen LogP contribution in [0.2, 0.25) is 0 Å². The average molecular weight is 345 g/mol. The number of aromatic nitrogens is 4. The lowest BCUT2D eigenvalue weighted by molar-refractivity contribution is 0.0648. The number of likely N-dealkylation sites (tertiary alicyclic amines) is 1. The highest BCUT2D eigenvalue weighted by Crippen LogP contribution is 2.19. The smallest absolute Gasteiger partial charge is 0.274 e. The first-order valence-electron chi connectivity index (χ1n) is 7.80. The van der Waals surface area contributed by atoms with Crippen LogP contribution in [-0.4, -0.2) is 62.3 Å². The number of carbonyl (C=O) groups excluding carboxylic acids is 3. The van der Waals surface area contributed by atoms with Crippen LogP contribution < -0.4 is 10.6 Å². The van der Waals surface area contributed by atoms with E-state index in [1.54, 1.807) is 19.0 Å². The molecule has 0 saturated carbocycles. The lowest BCUT2D eigenvalue weighted by atomic mass is 10.1. The summed E-state index contributed by atoms with van der Waals surface area (Å²) in [6.07, 6.45) is 3.73. The minimum absolute atomic E-state index is 0.142. The largest absolute Gasteiger partial charge is 0.354 e. The molecule has 2 aromatic heterocycles. The van der Waals surface area contributed by atoms with Gasteiger partial charge in [0.15, 0.2) is 0 Å². The Hall–Kier alpha value is -3.17. The van der Waals surface area contributed by atoms with E-state index < -0.39 is 5.91 Å². The van der Waals surface area contributed by atoms with Gasteiger partial charge in [-0.05, 0) is 6.42 Å². The molecular formula is C15H19N7O3. The second-order valence-corrected chi connectivity index (χ2v) is 5.74. The molecule has 0 unspecified atom stereocenters. The molecule has 2 aromatic rings. The molecule has 25 heavy (non-hydrogen) atoms. The van der Waals surface area contributed by atoms with Crippen LogP contribution in [0.3, 0.4) is 0 Å². The lowest BCUT2D eigenvalue weighted by Crippen LogP contribution is -2.42. The molecule has 10 heteroatoms. The van der Waals surface area contributed by atoms with E-state index in [1.165, 1.54) is 28.8 Å². The van der Waals surface area contributed by atoms with Crippen LogP contribution >= 0.6 is 0 Å². The number of anilines is 1. The highest BCUT2D eigenvalue weighted by Gasteiger charge is 2.29. The predicted octanol–water partition coefficient (Wildman–Crippen LogP) is -0.389. The molecule has 0 radical (unpaired) electrons. The molecule has 132 valence electrons. The van der Waals surface area contributed by atoms with E-state index in [9.17, 15) is 14.4 Å². The Labute approximate surface area is 143 Å². The number of aryl methyl sites for hydroxylation is 2. The standard InChI is InChI=1S/C15H19N7O3/c1-16-13(23)12-10(8-18-21(12)3)19-14(24)11-9(7-17-20(11)2)15(25)22-5-4-6-22/h7-8H,4-6H2,1-3H3,(H,16,23)(H,19,24). The van der Waals surface area contributed by atoms with Crippen molar-refractivity contribution in [1.82, 2.24) is 29.8 Å². The zero-order valence-corrected chi connectivity index (χ0v) is 14.2. The van der Waals surface area contributed by atoms with Crippen LogP contribution in [0.1, 0.15) is 37.8 Å². The van der Waals surface area contributed by atoms with Crippen LogP contribution in [0.15, 0.2) is 12.4 Å². The van der Waals surface area contributed by atoms with Gasteiger partial charge in [-0.2, -0.15) is 10.2 Å². The van der Waals surface area contributed by atoms with Gasteiger partial charge in [0, 0.05) is 34.2 Å².